The fourth-order valence-corrected chi connectivity index (χ4v) is 5.32. The molecule has 6 rings (SSSR count). The van der Waals surface area contributed by atoms with Crippen molar-refractivity contribution in [3.05, 3.63) is 71.8 Å². The molecule has 2 aromatic carbocycles. The highest BCUT2D eigenvalue weighted by molar-refractivity contribution is 5.17. The SMILES string of the molecule is c1ccc(COC[C@H]2OC(c3ccccc3)O[C@@H]3[C@H]4OC5(CCCCC5)O[C@H]4O[C@@H]32)cc1. The Morgan fingerprint density at radius 2 is 1.50 bits per heavy atom. The molecule has 2 aromatic rings. The highest BCUT2D eigenvalue weighted by Crippen LogP contribution is 2.49. The molecule has 0 aromatic heterocycles. The summed E-state index contributed by atoms with van der Waals surface area (Å²) in [6.45, 7) is 0.936. The summed E-state index contributed by atoms with van der Waals surface area (Å²) >= 11 is 0. The van der Waals surface area contributed by atoms with Crippen LogP contribution in [-0.4, -0.2) is 43.1 Å². The highest BCUT2D eigenvalue weighted by Gasteiger charge is 2.62. The molecule has 3 aliphatic heterocycles. The van der Waals surface area contributed by atoms with Crippen LogP contribution >= 0.6 is 0 Å². The van der Waals surface area contributed by atoms with Gasteiger partial charge in [0, 0.05) is 18.4 Å². The molecule has 3 saturated heterocycles. The van der Waals surface area contributed by atoms with Crippen LogP contribution in [0.5, 0.6) is 0 Å². The second-order valence-corrected chi connectivity index (χ2v) is 9.16. The largest absolute Gasteiger partial charge is 0.374 e. The first-order chi connectivity index (χ1) is 15.8. The first-order valence-corrected chi connectivity index (χ1v) is 11.8. The normalized spacial score (nSPS) is 35.5. The Balaban J connectivity index is 1.19. The van der Waals surface area contributed by atoms with Crippen molar-refractivity contribution in [3.63, 3.8) is 0 Å². The average Bonchev–Trinajstić information content (AvgIpc) is 3.35. The van der Waals surface area contributed by atoms with Crippen LogP contribution in [0.2, 0.25) is 0 Å². The summed E-state index contributed by atoms with van der Waals surface area (Å²) in [5.41, 5.74) is 2.11. The van der Waals surface area contributed by atoms with Gasteiger partial charge < -0.3 is 28.4 Å². The monoisotopic (exact) mass is 438 g/mol. The predicted molar refractivity (Wildman–Crippen MR) is 115 cm³/mol. The number of fused-ring (bicyclic) bond motifs is 3. The number of benzene rings is 2. The molecule has 3 heterocycles. The Morgan fingerprint density at radius 1 is 0.750 bits per heavy atom. The zero-order valence-electron chi connectivity index (χ0n) is 18.1. The maximum Gasteiger partial charge on any atom is 0.190 e. The molecule has 0 amide bonds. The Kier molecular flexibility index (Phi) is 5.75. The minimum Gasteiger partial charge on any atom is -0.374 e. The van der Waals surface area contributed by atoms with E-state index in [0.717, 1.165) is 36.8 Å². The van der Waals surface area contributed by atoms with Gasteiger partial charge in [0.15, 0.2) is 18.4 Å². The number of hydrogen-bond acceptors (Lipinski definition) is 6. The molecule has 1 saturated carbocycles. The smallest absolute Gasteiger partial charge is 0.190 e. The van der Waals surface area contributed by atoms with Crippen molar-refractivity contribution < 1.29 is 28.4 Å². The van der Waals surface area contributed by atoms with E-state index in [1.807, 2.05) is 48.5 Å². The third kappa shape index (κ3) is 4.00. The molecule has 1 aliphatic carbocycles. The van der Waals surface area contributed by atoms with Crippen molar-refractivity contribution in [3.8, 4) is 0 Å². The van der Waals surface area contributed by atoms with Crippen molar-refractivity contribution in [2.75, 3.05) is 6.61 Å². The van der Waals surface area contributed by atoms with Crippen molar-refractivity contribution in [1.82, 2.24) is 0 Å². The van der Waals surface area contributed by atoms with Crippen LogP contribution in [0.4, 0.5) is 0 Å². The molecule has 170 valence electrons. The van der Waals surface area contributed by atoms with Gasteiger partial charge in [0.1, 0.15) is 24.4 Å². The third-order valence-corrected chi connectivity index (χ3v) is 6.92. The molecule has 6 heteroatoms. The molecule has 0 radical (unpaired) electrons. The average molecular weight is 439 g/mol. The topological polar surface area (TPSA) is 55.4 Å². The van der Waals surface area contributed by atoms with Crippen molar-refractivity contribution in [2.24, 2.45) is 0 Å². The summed E-state index contributed by atoms with van der Waals surface area (Å²) in [7, 11) is 0. The molecule has 4 fully saturated rings. The number of hydrogen-bond donors (Lipinski definition) is 0. The second-order valence-electron chi connectivity index (χ2n) is 9.16. The van der Waals surface area contributed by atoms with Gasteiger partial charge in [-0.2, -0.15) is 0 Å². The maximum atomic E-state index is 6.52. The van der Waals surface area contributed by atoms with E-state index in [1.165, 1.54) is 6.42 Å². The van der Waals surface area contributed by atoms with E-state index in [4.69, 9.17) is 28.4 Å². The van der Waals surface area contributed by atoms with Gasteiger partial charge in [-0.15, -0.1) is 0 Å². The Morgan fingerprint density at radius 3 is 2.28 bits per heavy atom. The van der Waals surface area contributed by atoms with E-state index in [0.29, 0.717) is 13.2 Å². The lowest BCUT2D eigenvalue weighted by molar-refractivity contribution is -0.322. The Hall–Kier alpha value is -1.80. The Bertz CT molecular complexity index is 884. The van der Waals surface area contributed by atoms with Crippen molar-refractivity contribution in [2.45, 2.75) is 81.5 Å². The van der Waals surface area contributed by atoms with Crippen molar-refractivity contribution >= 4 is 0 Å². The van der Waals surface area contributed by atoms with Crippen molar-refractivity contribution in [1.29, 1.82) is 0 Å². The van der Waals surface area contributed by atoms with Gasteiger partial charge in [-0.25, -0.2) is 0 Å². The van der Waals surface area contributed by atoms with E-state index in [9.17, 15) is 0 Å². The first-order valence-electron chi connectivity index (χ1n) is 11.8. The minimum absolute atomic E-state index is 0.246. The van der Waals surface area contributed by atoms with E-state index >= 15 is 0 Å². The molecule has 6 nitrogen and oxygen atoms in total. The Labute approximate surface area is 188 Å². The lowest BCUT2D eigenvalue weighted by atomic mass is 9.94. The van der Waals surface area contributed by atoms with E-state index in [1.54, 1.807) is 0 Å². The number of rotatable bonds is 5. The molecular weight excluding hydrogens is 408 g/mol. The van der Waals surface area contributed by atoms with E-state index in [-0.39, 0.29) is 24.4 Å². The van der Waals surface area contributed by atoms with E-state index in [2.05, 4.69) is 12.1 Å². The zero-order valence-corrected chi connectivity index (χ0v) is 18.1. The first kappa shape index (κ1) is 20.8. The quantitative estimate of drug-likeness (QED) is 0.686. The van der Waals surface area contributed by atoms with E-state index < -0.39 is 18.4 Å². The molecule has 1 unspecified atom stereocenters. The molecule has 4 aliphatic rings. The van der Waals surface area contributed by atoms with Gasteiger partial charge >= 0.3 is 0 Å². The van der Waals surface area contributed by atoms with Gasteiger partial charge in [-0.3, -0.25) is 0 Å². The molecular formula is C26H30O6. The van der Waals surface area contributed by atoms with Gasteiger partial charge in [0.2, 0.25) is 0 Å². The molecule has 1 spiro atoms. The van der Waals surface area contributed by atoms with Gasteiger partial charge in [-0.05, 0) is 18.4 Å². The lowest BCUT2D eigenvalue weighted by Gasteiger charge is -2.40. The van der Waals surface area contributed by atoms with Crippen LogP contribution in [0.1, 0.15) is 49.5 Å². The summed E-state index contributed by atoms with van der Waals surface area (Å²) < 4.78 is 38.0. The fraction of sp³-hybridized carbons (Fsp3) is 0.538. The summed E-state index contributed by atoms with van der Waals surface area (Å²) in [5.74, 6) is -0.512. The zero-order chi connectivity index (χ0) is 21.4. The summed E-state index contributed by atoms with van der Waals surface area (Å²) in [6, 6.07) is 20.2. The highest BCUT2D eigenvalue weighted by atomic mass is 16.9. The summed E-state index contributed by atoms with van der Waals surface area (Å²) in [4.78, 5) is 0. The maximum absolute atomic E-state index is 6.52. The van der Waals surface area contributed by atoms with Crippen LogP contribution in [0.15, 0.2) is 60.7 Å². The van der Waals surface area contributed by atoms with Gasteiger partial charge in [0.05, 0.1) is 13.2 Å². The fourth-order valence-electron chi connectivity index (χ4n) is 5.32. The van der Waals surface area contributed by atoms with Crippen LogP contribution in [0.3, 0.4) is 0 Å². The molecule has 6 atom stereocenters. The third-order valence-electron chi connectivity index (χ3n) is 6.92. The van der Waals surface area contributed by atoms with Crippen LogP contribution in [0, 0.1) is 0 Å². The van der Waals surface area contributed by atoms with Crippen LogP contribution < -0.4 is 0 Å². The summed E-state index contributed by atoms with van der Waals surface area (Å²) in [5, 5.41) is 0. The summed E-state index contributed by atoms with van der Waals surface area (Å²) in [6.07, 6.45) is 3.35. The molecule has 32 heavy (non-hydrogen) atoms. The van der Waals surface area contributed by atoms with Crippen LogP contribution in [-0.2, 0) is 35.0 Å². The predicted octanol–water partition coefficient (Wildman–Crippen LogP) is 4.49. The number of ether oxygens (including phenoxy) is 6. The van der Waals surface area contributed by atoms with Gasteiger partial charge in [0.25, 0.3) is 0 Å². The van der Waals surface area contributed by atoms with Gasteiger partial charge in [-0.1, -0.05) is 67.1 Å². The van der Waals surface area contributed by atoms with Crippen LogP contribution in [0.25, 0.3) is 0 Å². The second kappa shape index (κ2) is 8.86. The molecule has 0 N–H and O–H groups in total. The lowest BCUT2D eigenvalue weighted by Crippen LogP contribution is -2.51. The molecule has 0 bridgehead atoms. The standard InChI is InChI=1S/C26H30O6/c1-4-10-18(11-5-1)16-27-17-20-21-22(30-24(28-20)19-12-6-2-7-13-19)23-25(29-21)32-26(31-23)14-8-3-9-15-26/h1-2,4-7,10-13,20-25H,3,8-9,14-17H2/t20-,21-,22+,23-,24?,25-/m1/s1. The minimum atomic E-state index is -0.512.